The Balaban J connectivity index is 1.39. The van der Waals surface area contributed by atoms with Crippen molar-refractivity contribution in [2.45, 2.75) is 20.3 Å². The zero-order valence-electron chi connectivity index (χ0n) is 15.4. The predicted octanol–water partition coefficient (Wildman–Crippen LogP) is 3.12. The number of nitrogens with zero attached hydrogens (tertiary/aromatic N) is 6. The van der Waals surface area contributed by atoms with Crippen LogP contribution in [0.2, 0.25) is 0 Å². The van der Waals surface area contributed by atoms with E-state index < -0.39 is 0 Å². The normalized spacial score (nSPS) is 10.9. The Bertz CT molecular complexity index is 1030. The number of benzene rings is 1. The average molecular weight is 359 g/mol. The number of aryl methyl sites for hydroxylation is 2. The summed E-state index contributed by atoms with van der Waals surface area (Å²) in [7, 11) is 0. The fourth-order valence-electron chi connectivity index (χ4n) is 2.95. The number of aromatic nitrogens is 6. The van der Waals surface area contributed by atoms with Gasteiger partial charge in [0.25, 0.3) is 0 Å². The van der Waals surface area contributed by atoms with Crippen LogP contribution in [-0.2, 0) is 6.42 Å². The summed E-state index contributed by atoms with van der Waals surface area (Å²) in [6.45, 7) is 4.72. The lowest BCUT2D eigenvalue weighted by Gasteiger charge is -2.07. The number of anilines is 1. The highest BCUT2D eigenvalue weighted by Crippen LogP contribution is 2.12. The highest BCUT2D eigenvalue weighted by atomic mass is 15.3. The number of nitrogens with one attached hydrogen (secondary N) is 1. The fourth-order valence-corrected chi connectivity index (χ4v) is 2.95. The molecule has 0 aliphatic heterocycles. The summed E-state index contributed by atoms with van der Waals surface area (Å²) in [5, 5.41) is 12.2. The van der Waals surface area contributed by atoms with Crippen molar-refractivity contribution in [3.63, 3.8) is 0 Å². The van der Waals surface area contributed by atoms with Gasteiger partial charge in [0.1, 0.15) is 5.82 Å². The van der Waals surface area contributed by atoms with Gasteiger partial charge in [-0.3, -0.25) is 4.98 Å². The first-order valence-electron chi connectivity index (χ1n) is 8.87. The standard InChI is InChI=1S/C20H21N7/c1-15-10-16(2)27(25-15)20-13-21-12-19(24-20)22-9-8-17-11-23-26(14-17)18-6-4-3-5-7-18/h3-7,10-14H,8-9H2,1-2H3,(H,22,24). The molecule has 7 nitrogen and oxygen atoms in total. The summed E-state index contributed by atoms with van der Waals surface area (Å²) in [5.41, 5.74) is 4.21. The smallest absolute Gasteiger partial charge is 0.174 e. The zero-order chi connectivity index (χ0) is 18.6. The van der Waals surface area contributed by atoms with Crippen LogP contribution in [0.4, 0.5) is 5.82 Å². The van der Waals surface area contributed by atoms with Crippen molar-refractivity contribution in [1.82, 2.24) is 29.5 Å². The molecule has 0 fully saturated rings. The third-order valence-corrected chi connectivity index (χ3v) is 4.23. The molecule has 0 bridgehead atoms. The van der Waals surface area contributed by atoms with Gasteiger partial charge in [-0.05, 0) is 44.0 Å². The monoisotopic (exact) mass is 359 g/mol. The van der Waals surface area contributed by atoms with E-state index in [9.17, 15) is 0 Å². The van der Waals surface area contributed by atoms with Gasteiger partial charge in [-0.25, -0.2) is 14.3 Å². The number of para-hydroxylation sites is 1. The van der Waals surface area contributed by atoms with E-state index in [1.807, 2.05) is 61.1 Å². The van der Waals surface area contributed by atoms with E-state index in [-0.39, 0.29) is 0 Å². The minimum Gasteiger partial charge on any atom is -0.368 e. The third-order valence-electron chi connectivity index (χ3n) is 4.23. The number of rotatable bonds is 6. The highest BCUT2D eigenvalue weighted by molar-refractivity contribution is 5.37. The first-order chi connectivity index (χ1) is 13.2. The number of hydrogen-bond donors (Lipinski definition) is 1. The van der Waals surface area contributed by atoms with Gasteiger partial charge in [0.05, 0.1) is 30.0 Å². The zero-order valence-corrected chi connectivity index (χ0v) is 15.4. The summed E-state index contributed by atoms with van der Waals surface area (Å²) < 4.78 is 3.69. The van der Waals surface area contributed by atoms with Gasteiger partial charge in [-0.2, -0.15) is 10.2 Å². The number of hydrogen-bond acceptors (Lipinski definition) is 5. The van der Waals surface area contributed by atoms with Crippen molar-refractivity contribution in [3.05, 3.63) is 78.1 Å². The minimum absolute atomic E-state index is 0.711. The molecule has 0 atom stereocenters. The fraction of sp³-hybridized carbons (Fsp3) is 0.200. The molecule has 0 aliphatic carbocycles. The van der Waals surface area contributed by atoms with E-state index in [1.165, 1.54) is 0 Å². The van der Waals surface area contributed by atoms with Gasteiger partial charge in [-0.15, -0.1) is 0 Å². The second kappa shape index (κ2) is 7.41. The van der Waals surface area contributed by atoms with Gasteiger partial charge in [0.2, 0.25) is 0 Å². The molecular weight excluding hydrogens is 338 g/mol. The molecular formula is C20H21N7. The van der Waals surface area contributed by atoms with Crippen LogP contribution in [0.3, 0.4) is 0 Å². The molecule has 1 N–H and O–H groups in total. The van der Waals surface area contributed by atoms with Gasteiger partial charge < -0.3 is 5.32 Å². The molecule has 0 radical (unpaired) electrons. The van der Waals surface area contributed by atoms with Crippen LogP contribution >= 0.6 is 0 Å². The van der Waals surface area contributed by atoms with E-state index in [0.717, 1.165) is 41.4 Å². The maximum Gasteiger partial charge on any atom is 0.174 e. The van der Waals surface area contributed by atoms with Crippen molar-refractivity contribution in [2.24, 2.45) is 0 Å². The van der Waals surface area contributed by atoms with E-state index in [0.29, 0.717) is 5.82 Å². The summed E-state index contributed by atoms with van der Waals surface area (Å²) in [5.74, 6) is 1.44. The summed E-state index contributed by atoms with van der Waals surface area (Å²) in [6, 6.07) is 12.1. The molecule has 3 aromatic heterocycles. The average Bonchev–Trinajstić information content (AvgIpc) is 3.29. The molecule has 27 heavy (non-hydrogen) atoms. The Kier molecular flexibility index (Phi) is 4.65. The van der Waals surface area contributed by atoms with Crippen LogP contribution in [0.25, 0.3) is 11.5 Å². The first-order valence-corrected chi connectivity index (χ1v) is 8.87. The molecule has 4 aromatic rings. The molecule has 0 spiro atoms. The van der Waals surface area contributed by atoms with Crippen LogP contribution in [-0.4, -0.2) is 36.1 Å². The van der Waals surface area contributed by atoms with Crippen molar-refractivity contribution >= 4 is 5.82 Å². The molecule has 0 aliphatic rings. The molecule has 0 saturated carbocycles. The summed E-state index contributed by atoms with van der Waals surface area (Å²) >= 11 is 0. The maximum absolute atomic E-state index is 4.61. The van der Waals surface area contributed by atoms with E-state index in [4.69, 9.17) is 0 Å². The summed E-state index contributed by atoms with van der Waals surface area (Å²) in [6.07, 6.45) is 8.23. The maximum atomic E-state index is 4.61. The lowest BCUT2D eigenvalue weighted by Crippen LogP contribution is -2.09. The molecule has 7 heteroatoms. The minimum atomic E-state index is 0.711. The second-order valence-electron chi connectivity index (χ2n) is 6.41. The predicted molar refractivity (Wildman–Crippen MR) is 104 cm³/mol. The molecule has 3 heterocycles. The second-order valence-corrected chi connectivity index (χ2v) is 6.41. The first kappa shape index (κ1) is 17.0. The van der Waals surface area contributed by atoms with Crippen LogP contribution in [0.15, 0.2) is 61.2 Å². The van der Waals surface area contributed by atoms with Crippen molar-refractivity contribution in [2.75, 3.05) is 11.9 Å². The van der Waals surface area contributed by atoms with Crippen molar-refractivity contribution in [3.8, 4) is 11.5 Å². The third kappa shape index (κ3) is 3.87. The molecule has 0 unspecified atom stereocenters. The summed E-state index contributed by atoms with van der Waals surface area (Å²) in [4.78, 5) is 8.89. The van der Waals surface area contributed by atoms with Crippen LogP contribution in [0.5, 0.6) is 0 Å². The Labute approximate surface area is 157 Å². The van der Waals surface area contributed by atoms with Gasteiger partial charge in [0, 0.05) is 18.4 Å². The quantitative estimate of drug-likeness (QED) is 0.573. The SMILES string of the molecule is Cc1cc(C)n(-c2cncc(NCCc3cnn(-c4ccccc4)c3)n2)n1. The Hall–Kier alpha value is -3.48. The highest BCUT2D eigenvalue weighted by Gasteiger charge is 2.07. The lowest BCUT2D eigenvalue weighted by molar-refractivity contribution is 0.799. The van der Waals surface area contributed by atoms with Gasteiger partial charge in [0.15, 0.2) is 5.82 Å². The van der Waals surface area contributed by atoms with Gasteiger partial charge >= 0.3 is 0 Å². The molecule has 0 saturated heterocycles. The van der Waals surface area contributed by atoms with Crippen LogP contribution < -0.4 is 5.32 Å². The topological polar surface area (TPSA) is 73.5 Å². The largest absolute Gasteiger partial charge is 0.368 e. The van der Waals surface area contributed by atoms with Crippen molar-refractivity contribution in [1.29, 1.82) is 0 Å². The molecule has 1 aromatic carbocycles. The molecule has 4 rings (SSSR count). The van der Waals surface area contributed by atoms with Crippen LogP contribution in [0.1, 0.15) is 17.0 Å². The molecule has 136 valence electrons. The van der Waals surface area contributed by atoms with Crippen LogP contribution in [0, 0.1) is 13.8 Å². The Morgan fingerprint density at radius 2 is 1.89 bits per heavy atom. The molecule has 0 amide bonds. The van der Waals surface area contributed by atoms with Gasteiger partial charge in [-0.1, -0.05) is 18.2 Å². The van der Waals surface area contributed by atoms with Crippen molar-refractivity contribution < 1.29 is 0 Å². The Morgan fingerprint density at radius 1 is 1.04 bits per heavy atom. The lowest BCUT2D eigenvalue weighted by atomic mass is 10.2. The Morgan fingerprint density at radius 3 is 2.67 bits per heavy atom. The van der Waals surface area contributed by atoms with E-state index in [1.54, 1.807) is 17.1 Å². The van der Waals surface area contributed by atoms with E-state index >= 15 is 0 Å². The van der Waals surface area contributed by atoms with E-state index in [2.05, 4.69) is 31.7 Å².